The number of rotatable bonds is 5. The molecule has 2 N–H and O–H groups in total. The summed E-state index contributed by atoms with van der Waals surface area (Å²) < 4.78 is 1.44. The molecule has 0 aliphatic carbocycles. The van der Waals surface area contributed by atoms with E-state index in [1.165, 1.54) is 16.7 Å². The number of aromatic nitrogens is 2. The van der Waals surface area contributed by atoms with E-state index in [9.17, 15) is 14.4 Å². The van der Waals surface area contributed by atoms with Crippen molar-refractivity contribution >= 4 is 16.8 Å². The Balaban J connectivity index is 2.61. The Morgan fingerprint density at radius 2 is 2.10 bits per heavy atom. The molecular formula is C15H15N3O3. The summed E-state index contributed by atoms with van der Waals surface area (Å²) in [7, 11) is 0. The number of H-pyrrole nitrogens is 1. The Bertz CT molecular complexity index is 830. The van der Waals surface area contributed by atoms with Crippen LogP contribution in [0.25, 0.3) is 10.9 Å². The van der Waals surface area contributed by atoms with E-state index in [4.69, 9.17) is 0 Å². The third kappa shape index (κ3) is 2.84. The van der Waals surface area contributed by atoms with Crippen LogP contribution in [-0.2, 0) is 6.54 Å². The van der Waals surface area contributed by atoms with Crippen LogP contribution >= 0.6 is 0 Å². The van der Waals surface area contributed by atoms with Gasteiger partial charge in [-0.25, -0.2) is 0 Å². The smallest absolute Gasteiger partial charge is 0.261 e. The first kappa shape index (κ1) is 14.5. The van der Waals surface area contributed by atoms with Gasteiger partial charge in [0.05, 0.1) is 10.9 Å². The number of pyridine rings is 2. The highest BCUT2D eigenvalue weighted by molar-refractivity contribution is 5.97. The zero-order valence-electron chi connectivity index (χ0n) is 11.4. The van der Waals surface area contributed by atoms with Crippen molar-refractivity contribution in [3.05, 3.63) is 69.9 Å². The minimum Gasteiger partial charge on any atom is -0.348 e. The van der Waals surface area contributed by atoms with Crippen LogP contribution < -0.4 is 16.4 Å². The summed E-state index contributed by atoms with van der Waals surface area (Å²) in [6.45, 7) is 7.66. The first-order chi connectivity index (χ1) is 10.1. The molecule has 0 saturated heterocycles. The van der Waals surface area contributed by atoms with Gasteiger partial charge in [0.15, 0.2) is 0 Å². The molecule has 2 rings (SSSR count). The van der Waals surface area contributed by atoms with Gasteiger partial charge in [0.2, 0.25) is 0 Å². The standard InChI is InChI=1S/C15H15N3O3/c1-3-6-16-13(19)11-9-10-12(17-14(11)20)5-8-18(7-4-2)15(10)21/h3-5,8-9H,1-2,6-7H2,(H,16,19)(H,17,20). The highest BCUT2D eigenvalue weighted by Crippen LogP contribution is 2.06. The number of nitrogens with zero attached hydrogens (tertiary/aromatic N) is 1. The second kappa shape index (κ2) is 6.04. The zero-order valence-corrected chi connectivity index (χ0v) is 11.4. The van der Waals surface area contributed by atoms with Crippen LogP contribution in [0.15, 0.2) is 53.2 Å². The van der Waals surface area contributed by atoms with Crippen molar-refractivity contribution in [2.45, 2.75) is 6.54 Å². The molecule has 0 atom stereocenters. The SMILES string of the molecule is C=CCNC(=O)c1cc2c(=O)n(CC=C)ccc2[nH]c1=O. The van der Waals surface area contributed by atoms with Gasteiger partial charge < -0.3 is 14.9 Å². The van der Waals surface area contributed by atoms with E-state index in [1.807, 2.05) is 0 Å². The molecule has 0 bridgehead atoms. The molecule has 0 aliphatic rings. The summed E-state index contributed by atoms with van der Waals surface area (Å²) in [5, 5.41) is 2.79. The highest BCUT2D eigenvalue weighted by atomic mass is 16.2. The Hall–Kier alpha value is -2.89. The molecule has 2 aromatic heterocycles. The van der Waals surface area contributed by atoms with Gasteiger partial charge >= 0.3 is 0 Å². The largest absolute Gasteiger partial charge is 0.348 e. The summed E-state index contributed by atoms with van der Waals surface area (Å²) in [6, 6.07) is 2.93. The number of nitrogens with one attached hydrogen (secondary N) is 2. The maximum absolute atomic E-state index is 12.3. The van der Waals surface area contributed by atoms with Crippen molar-refractivity contribution in [2.75, 3.05) is 6.54 Å². The molecule has 0 unspecified atom stereocenters. The van der Waals surface area contributed by atoms with Crippen molar-refractivity contribution in [3.8, 4) is 0 Å². The van der Waals surface area contributed by atoms with E-state index < -0.39 is 11.5 Å². The Morgan fingerprint density at radius 3 is 2.76 bits per heavy atom. The molecule has 6 nitrogen and oxygen atoms in total. The second-order valence-corrected chi connectivity index (χ2v) is 4.40. The molecule has 1 amide bonds. The maximum atomic E-state index is 12.3. The van der Waals surface area contributed by atoms with Crippen molar-refractivity contribution in [1.82, 2.24) is 14.9 Å². The predicted octanol–water partition coefficient (Wildman–Crippen LogP) is 0.792. The third-order valence-electron chi connectivity index (χ3n) is 2.96. The van der Waals surface area contributed by atoms with Crippen LogP contribution in [0, 0.1) is 0 Å². The molecule has 0 fully saturated rings. The van der Waals surface area contributed by atoms with Gasteiger partial charge in [-0.3, -0.25) is 14.4 Å². The fourth-order valence-corrected chi connectivity index (χ4v) is 1.95. The van der Waals surface area contributed by atoms with Crippen LogP contribution in [-0.4, -0.2) is 22.0 Å². The van der Waals surface area contributed by atoms with E-state index in [0.29, 0.717) is 12.1 Å². The molecule has 0 saturated carbocycles. The summed E-state index contributed by atoms with van der Waals surface area (Å²) in [5.41, 5.74) is -0.533. The lowest BCUT2D eigenvalue weighted by atomic mass is 10.2. The van der Waals surface area contributed by atoms with E-state index in [1.54, 1.807) is 18.3 Å². The van der Waals surface area contributed by atoms with Crippen molar-refractivity contribution in [2.24, 2.45) is 0 Å². The minimum atomic E-state index is -0.545. The average Bonchev–Trinajstić information content (AvgIpc) is 2.47. The van der Waals surface area contributed by atoms with Crippen LogP contribution in [0.3, 0.4) is 0 Å². The van der Waals surface area contributed by atoms with Crippen molar-refractivity contribution < 1.29 is 4.79 Å². The molecule has 2 heterocycles. The zero-order chi connectivity index (χ0) is 15.4. The third-order valence-corrected chi connectivity index (χ3v) is 2.96. The number of hydrogen-bond acceptors (Lipinski definition) is 3. The van der Waals surface area contributed by atoms with Crippen LogP contribution in [0.4, 0.5) is 0 Å². The number of fused-ring (bicyclic) bond motifs is 1. The fourth-order valence-electron chi connectivity index (χ4n) is 1.95. The molecule has 108 valence electrons. The van der Waals surface area contributed by atoms with E-state index in [2.05, 4.69) is 23.5 Å². The van der Waals surface area contributed by atoms with E-state index >= 15 is 0 Å². The van der Waals surface area contributed by atoms with Gasteiger partial charge in [-0.05, 0) is 12.1 Å². The highest BCUT2D eigenvalue weighted by Gasteiger charge is 2.13. The van der Waals surface area contributed by atoms with Gasteiger partial charge in [0, 0.05) is 19.3 Å². The van der Waals surface area contributed by atoms with E-state index in [0.717, 1.165) is 0 Å². The first-order valence-electron chi connectivity index (χ1n) is 6.35. The van der Waals surface area contributed by atoms with Crippen LogP contribution in [0.2, 0.25) is 0 Å². The number of aromatic amines is 1. The van der Waals surface area contributed by atoms with Crippen molar-refractivity contribution in [1.29, 1.82) is 0 Å². The average molecular weight is 285 g/mol. The Morgan fingerprint density at radius 1 is 1.33 bits per heavy atom. The molecule has 21 heavy (non-hydrogen) atoms. The monoisotopic (exact) mass is 285 g/mol. The molecule has 0 aromatic carbocycles. The molecule has 2 aromatic rings. The number of carbonyl (C=O) groups excluding carboxylic acids is 1. The van der Waals surface area contributed by atoms with Gasteiger partial charge in [0.1, 0.15) is 5.56 Å². The predicted molar refractivity (Wildman–Crippen MR) is 81.6 cm³/mol. The van der Waals surface area contributed by atoms with Gasteiger partial charge in [0.25, 0.3) is 17.0 Å². The van der Waals surface area contributed by atoms with E-state index in [-0.39, 0.29) is 23.1 Å². The lowest BCUT2D eigenvalue weighted by Crippen LogP contribution is -2.30. The number of carbonyl (C=O) groups is 1. The number of allylic oxidation sites excluding steroid dienone is 1. The lowest BCUT2D eigenvalue weighted by Gasteiger charge is -2.06. The summed E-state index contributed by atoms with van der Waals surface area (Å²) >= 11 is 0. The Labute approximate surface area is 120 Å². The lowest BCUT2D eigenvalue weighted by molar-refractivity contribution is 0.0956. The summed E-state index contributed by atoms with van der Waals surface area (Å²) in [6.07, 6.45) is 4.67. The topological polar surface area (TPSA) is 84.0 Å². The van der Waals surface area contributed by atoms with Gasteiger partial charge in [-0.2, -0.15) is 0 Å². The maximum Gasteiger partial charge on any atom is 0.261 e. The number of hydrogen-bond donors (Lipinski definition) is 2. The normalized spacial score (nSPS) is 10.3. The summed E-state index contributed by atoms with van der Waals surface area (Å²) in [4.78, 5) is 38.6. The first-order valence-corrected chi connectivity index (χ1v) is 6.35. The van der Waals surface area contributed by atoms with Crippen molar-refractivity contribution in [3.63, 3.8) is 0 Å². The van der Waals surface area contributed by atoms with Crippen LogP contribution in [0.5, 0.6) is 0 Å². The molecule has 6 heteroatoms. The molecule has 0 radical (unpaired) electrons. The Kier molecular flexibility index (Phi) is 4.18. The van der Waals surface area contributed by atoms with Gasteiger partial charge in [-0.1, -0.05) is 12.2 Å². The molecular weight excluding hydrogens is 270 g/mol. The summed E-state index contributed by atoms with van der Waals surface area (Å²) in [5.74, 6) is -0.545. The fraction of sp³-hybridized carbons (Fsp3) is 0.133. The van der Waals surface area contributed by atoms with Gasteiger partial charge in [-0.15, -0.1) is 13.2 Å². The second-order valence-electron chi connectivity index (χ2n) is 4.40. The molecule has 0 aliphatic heterocycles. The minimum absolute atomic E-state index is 0.0993. The quantitative estimate of drug-likeness (QED) is 0.797. The number of amides is 1. The van der Waals surface area contributed by atoms with Crippen LogP contribution in [0.1, 0.15) is 10.4 Å². The molecule has 0 spiro atoms.